The van der Waals surface area contributed by atoms with E-state index < -0.39 is 0 Å². The average Bonchev–Trinajstić information content (AvgIpc) is 2.61. The summed E-state index contributed by atoms with van der Waals surface area (Å²) in [5.41, 5.74) is 1.84. The number of carbonyl (C=O) groups excluding carboxylic acids is 1. The highest BCUT2D eigenvalue weighted by Crippen LogP contribution is 2.11. The van der Waals surface area contributed by atoms with Crippen LogP contribution in [0, 0.1) is 0 Å². The maximum absolute atomic E-state index is 11.5. The monoisotopic (exact) mass is 218 g/mol. The van der Waals surface area contributed by atoms with E-state index in [1.165, 1.54) is 0 Å². The second kappa shape index (κ2) is 4.35. The summed E-state index contributed by atoms with van der Waals surface area (Å²) >= 11 is 0. The molecule has 2 rings (SSSR count). The van der Waals surface area contributed by atoms with E-state index in [-0.39, 0.29) is 18.6 Å². The minimum atomic E-state index is -0.238. The summed E-state index contributed by atoms with van der Waals surface area (Å²) in [5, 5.41) is 0. The van der Waals surface area contributed by atoms with E-state index in [1.807, 2.05) is 38.1 Å². The van der Waals surface area contributed by atoms with E-state index in [2.05, 4.69) is 4.98 Å². The van der Waals surface area contributed by atoms with E-state index in [1.54, 1.807) is 10.9 Å². The Morgan fingerprint density at radius 3 is 2.94 bits per heavy atom. The molecule has 0 amide bonds. The van der Waals surface area contributed by atoms with Crippen LogP contribution < -0.4 is 0 Å². The molecule has 0 atom stereocenters. The first-order valence-electron chi connectivity index (χ1n) is 5.26. The fourth-order valence-electron chi connectivity index (χ4n) is 1.58. The molecule has 2 aromatic rings. The number of ether oxygens (including phenoxy) is 1. The van der Waals surface area contributed by atoms with Crippen molar-refractivity contribution in [1.29, 1.82) is 0 Å². The van der Waals surface area contributed by atoms with E-state index in [4.69, 9.17) is 4.74 Å². The van der Waals surface area contributed by atoms with Crippen LogP contribution in [-0.2, 0) is 16.1 Å². The maximum atomic E-state index is 11.5. The molecule has 0 spiro atoms. The molecule has 4 nitrogen and oxygen atoms in total. The highest BCUT2D eigenvalue weighted by Gasteiger charge is 2.08. The molecule has 1 aromatic heterocycles. The molecule has 84 valence electrons. The van der Waals surface area contributed by atoms with Crippen LogP contribution in [-0.4, -0.2) is 21.6 Å². The number of para-hydroxylation sites is 2. The van der Waals surface area contributed by atoms with Gasteiger partial charge in [-0.3, -0.25) is 4.79 Å². The highest BCUT2D eigenvalue weighted by molar-refractivity contribution is 5.78. The van der Waals surface area contributed by atoms with E-state index in [0.29, 0.717) is 0 Å². The number of hydrogen-bond donors (Lipinski definition) is 0. The van der Waals surface area contributed by atoms with Crippen molar-refractivity contribution in [1.82, 2.24) is 9.55 Å². The molecular weight excluding hydrogens is 204 g/mol. The zero-order valence-corrected chi connectivity index (χ0v) is 9.38. The molecule has 0 aliphatic rings. The molecule has 0 fully saturated rings. The third-order valence-electron chi connectivity index (χ3n) is 2.19. The fourth-order valence-corrected chi connectivity index (χ4v) is 1.58. The maximum Gasteiger partial charge on any atom is 0.326 e. The Hall–Kier alpha value is -1.84. The number of rotatable bonds is 3. The molecule has 0 unspecified atom stereocenters. The lowest BCUT2D eigenvalue weighted by atomic mass is 10.3. The van der Waals surface area contributed by atoms with Crippen LogP contribution >= 0.6 is 0 Å². The average molecular weight is 218 g/mol. The van der Waals surface area contributed by atoms with Gasteiger partial charge in [-0.2, -0.15) is 0 Å². The molecule has 0 N–H and O–H groups in total. The van der Waals surface area contributed by atoms with Crippen molar-refractivity contribution in [2.75, 3.05) is 0 Å². The quantitative estimate of drug-likeness (QED) is 0.740. The summed E-state index contributed by atoms with van der Waals surface area (Å²) in [6.45, 7) is 3.88. The van der Waals surface area contributed by atoms with Gasteiger partial charge in [0.05, 0.1) is 23.5 Å². The van der Waals surface area contributed by atoms with Gasteiger partial charge in [0.2, 0.25) is 0 Å². The zero-order valence-electron chi connectivity index (χ0n) is 9.38. The predicted molar refractivity (Wildman–Crippen MR) is 61.0 cm³/mol. The Balaban J connectivity index is 2.18. The molecule has 0 saturated carbocycles. The van der Waals surface area contributed by atoms with Crippen LogP contribution in [0.3, 0.4) is 0 Å². The molecular formula is C12H14N2O2. The highest BCUT2D eigenvalue weighted by atomic mass is 16.5. The lowest BCUT2D eigenvalue weighted by Gasteiger charge is -2.08. The van der Waals surface area contributed by atoms with Gasteiger partial charge in [-0.1, -0.05) is 12.1 Å². The van der Waals surface area contributed by atoms with Crippen LogP contribution in [0.25, 0.3) is 11.0 Å². The van der Waals surface area contributed by atoms with Crippen LogP contribution in [0.15, 0.2) is 30.6 Å². The Bertz CT molecular complexity index is 502. The van der Waals surface area contributed by atoms with E-state index in [0.717, 1.165) is 11.0 Å². The minimum absolute atomic E-state index is 0.0812. The summed E-state index contributed by atoms with van der Waals surface area (Å²) in [5.74, 6) is -0.238. The van der Waals surface area contributed by atoms with E-state index >= 15 is 0 Å². The third kappa shape index (κ3) is 2.21. The Labute approximate surface area is 93.9 Å². The van der Waals surface area contributed by atoms with Crippen LogP contribution in [0.1, 0.15) is 13.8 Å². The standard InChI is InChI=1S/C12H14N2O2/c1-9(2)16-12(15)7-14-8-13-10-5-3-4-6-11(10)14/h3-6,8-9H,7H2,1-2H3. The molecule has 1 heterocycles. The van der Waals surface area contributed by atoms with Crippen molar-refractivity contribution >= 4 is 17.0 Å². The lowest BCUT2D eigenvalue weighted by Crippen LogP contribution is -2.16. The van der Waals surface area contributed by atoms with Crippen LogP contribution in [0.4, 0.5) is 0 Å². The summed E-state index contributed by atoms with van der Waals surface area (Å²) in [6, 6.07) is 7.70. The molecule has 1 aromatic carbocycles. The number of imidazole rings is 1. The number of fused-ring (bicyclic) bond motifs is 1. The third-order valence-corrected chi connectivity index (χ3v) is 2.19. The van der Waals surface area contributed by atoms with E-state index in [9.17, 15) is 4.79 Å². The Kier molecular flexibility index (Phi) is 2.90. The summed E-state index contributed by atoms with van der Waals surface area (Å²) in [6.07, 6.45) is 1.58. The summed E-state index contributed by atoms with van der Waals surface area (Å²) < 4.78 is 6.88. The van der Waals surface area contributed by atoms with Crippen LogP contribution in [0.5, 0.6) is 0 Å². The molecule has 0 aliphatic carbocycles. The van der Waals surface area contributed by atoms with Gasteiger partial charge in [0.1, 0.15) is 6.54 Å². The fraction of sp³-hybridized carbons (Fsp3) is 0.333. The molecule has 4 heteroatoms. The zero-order chi connectivity index (χ0) is 11.5. The topological polar surface area (TPSA) is 44.1 Å². The van der Waals surface area contributed by atoms with Crippen LogP contribution in [0.2, 0.25) is 0 Å². The Morgan fingerprint density at radius 1 is 1.44 bits per heavy atom. The van der Waals surface area contributed by atoms with Gasteiger partial charge in [-0.25, -0.2) is 4.98 Å². The van der Waals surface area contributed by atoms with Gasteiger partial charge in [-0.05, 0) is 26.0 Å². The van der Waals surface area contributed by atoms with Gasteiger partial charge in [-0.15, -0.1) is 0 Å². The van der Waals surface area contributed by atoms with Crippen molar-refractivity contribution in [3.8, 4) is 0 Å². The molecule has 16 heavy (non-hydrogen) atoms. The molecule has 0 saturated heterocycles. The van der Waals surface area contributed by atoms with Gasteiger partial charge in [0.25, 0.3) is 0 Å². The Morgan fingerprint density at radius 2 is 2.19 bits per heavy atom. The van der Waals surface area contributed by atoms with Crippen molar-refractivity contribution < 1.29 is 9.53 Å². The van der Waals surface area contributed by atoms with Gasteiger partial charge in [0.15, 0.2) is 0 Å². The number of carbonyl (C=O) groups is 1. The number of hydrogen-bond acceptors (Lipinski definition) is 3. The first-order valence-corrected chi connectivity index (χ1v) is 5.26. The predicted octanol–water partition coefficient (Wildman–Crippen LogP) is 1.99. The normalized spacial score (nSPS) is 10.9. The number of aromatic nitrogens is 2. The second-order valence-corrected chi connectivity index (χ2v) is 3.90. The largest absolute Gasteiger partial charge is 0.462 e. The minimum Gasteiger partial charge on any atom is -0.462 e. The first kappa shape index (κ1) is 10.7. The molecule has 0 aliphatic heterocycles. The lowest BCUT2D eigenvalue weighted by molar-refractivity contribution is -0.148. The van der Waals surface area contributed by atoms with Gasteiger partial charge in [0, 0.05) is 0 Å². The number of benzene rings is 1. The number of nitrogens with zero attached hydrogens (tertiary/aromatic N) is 2. The second-order valence-electron chi connectivity index (χ2n) is 3.90. The van der Waals surface area contributed by atoms with Crippen molar-refractivity contribution in [2.45, 2.75) is 26.5 Å². The van der Waals surface area contributed by atoms with Crippen molar-refractivity contribution in [3.63, 3.8) is 0 Å². The summed E-state index contributed by atoms with van der Waals surface area (Å²) in [7, 11) is 0. The SMILES string of the molecule is CC(C)OC(=O)Cn1cnc2ccccc21. The number of esters is 1. The molecule has 0 bridgehead atoms. The van der Waals surface area contributed by atoms with Crippen molar-refractivity contribution in [3.05, 3.63) is 30.6 Å². The van der Waals surface area contributed by atoms with Gasteiger partial charge >= 0.3 is 5.97 Å². The van der Waals surface area contributed by atoms with Crippen molar-refractivity contribution in [2.24, 2.45) is 0 Å². The van der Waals surface area contributed by atoms with Gasteiger partial charge < -0.3 is 9.30 Å². The molecule has 0 radical (unpaired) electrons. The smallest absolute Gasteiger partial charge is 0.326 e. The first-order chi connectivity index (χ1) is 7.66. The summed E-state index contributed by atoms with van der Waals surface area (Å²) in [4.78, 5) is 15.7.